The van der Waals surface area contributed by atoms with Gasteiger partial charge >= 0.3 is 0 Å². The van der Waals surface area contributed by atoms with Crippen LogP contribution in [0.25, 0.3) is 10.9 Å². The van der Waals surface area contributed by atoms with Crippen LogP contribution in [0.5, 0.6) is 0 Å². The van der Waals surface area contributed by atoms with E-state index in [9.17, 15) is 14.4 Å². The first kappa shape index (κ1) is 21.0. The summed E-state index contributed by atoms with van der Waals surface area (Å²) in [5.41, 5.74) is 2.61. The summed E-state index contributed by atoms with van der Waals surface area (Å²) in [5.74, 6) is -0.192. The van der Waals surface area contributed by atoms with Gasteiger partial charge in [-0.15, -0.1) is 0 Å². The van der Waals surface area contributed by atoms with Crippen LogP contribution in [0.1, 0.15) is 21.7 Å². The van der Waals surface area contributed by atoms with Gasteiger partial charge in [0.1, 0.15) is 12.4 Å². The minimum Gasteiger partial charge on any atom is -0.324 e. The first-order chi connectivity index (χ1) is 15.4. The molecule has 32 heavy (non-hydrogen) atoms. The van der Waals surface area contributed by atoms with Crippen molar-refractivity contribution in [2.75, 3.05) is 10.6 Å². The Bertz CT molecular complexity index is 1380. The fraction of sp³-hybridized carbons (Fsp3) is 0.120. The molecule has 1 heterocycles. The van der Waals surface area contributed by atoms with Crippen LogP contribution in [0, 0.1) is 13.8 Å². The van der Waals surface area contributed by atoms with Crippen LogP contribution in [0.3, 0.4) is 0 Å². The van der Waals surface area contributed by atoms with E-state index >= 15 is 0 Å². The molecule has 0 aliphatic heterocycles. The van der Waals surface area contributed by atoms with Gasteiger partial charge in [-0.3, -0.25) is 19.0 Å². The highest BCUT2D eigenvalue weighted by molar-refractivity contribution is 6.06. The topological polar surface area (TPSA) is 93.1 Å². The SMILES string of the molecule is Cc1c(NC(=O)Cn2c(C)nc3ccccc3c2=O)cccc1C(=O)Nc1ccccc1. The van der Waals surface area contributed by atoms with Crippen LogP contribution in [-0.2, 0) is 11.3 Å². The van der Waals surface area contributed by atoms with Gasteiger partial charge in [0.2, 0.25) is 5.91 Å². The Morgan fingerprint density at radius 1 is 0.875 bits per heavy atom. The highest BCUT2D eigenvalue weighted by atomic mass is 16.2. The summed E-state index contributed by atoms with van der Waals surface area (Å²) < 4.78 is 1.35. The van der Waals surface area contributed by atoms with Crippen molar-refractivity contribution in [3.63, 3.8) is 0 Å². The van der Waals surface area contributed by atoms with Crippen molar-refractivity contribution in [1.29, 1.82) is 0 Å². The lowest BCUT2D eigenvalue weighted by Crippen LogP contribution is -2.30. The largest absolute Gasteiger partial charge is 0.324 e. The third-order valence-corrected chi connectivity index (χ3v) is 5.24. The van der Waals surface area contributed by atoms with E-state index in [1.807, 2.05) is 24.3 Å². The number of carbonyl (C=O) groups excluding carboxylic acids is 2. The van der Waals surface area contributed by atoms with E-state index in [4.69, 9.17) is 0 Å². The molecule has 0 aliphatic rings. The molecule has 0 saturated carbocycles. The van der Waals surface area contributed by atoms with Gasteiger partial charge in [-0.05, 0) is 55.8 Å². The quantitative estimate of drug-likeness (QED) is 0.506. The predicted octanol–water partition coefficient (Wildman–Crippen LogP) is 3.90. The first-order valence-electron chi connectivity index (χ1n) is 10.2. The van der Waals surface area contributed by atoms with Gasteiger partial charge in [0.25, 0.3) is 11.5 Å². The summed E-state index contributed by atoms with van der Waals surface area (Å²) in [6, 6.07) is 21.3. The maximum Gasteiger partial charge on any atom is 0.261 e. The van der Waals surface area contributed by atoms with Gasteiger partial charge in [0.15, 0.2) is 0 Å². The number of fused-ring (bicyclic) bond motifs is 1. The Morgan fingerprint density at radius 2 is 1.59 bits per heavy atom. The zero-order valence-electron chi connectivity index (χ0n) is 17.8. The molecule has 2 amide bonds. The van der Waals surface area contributed by atoms with Crippen molar-refractivity contribution >= 4 is 34.1 Å². The van der Waals surface area contributed by atoms with Crippen LogP contribution in [0.2, 0.25) is 0 Å². The van der Waals surface area contributed by atoms with Crippen molar-refractivity contribution in [1.82, 2.24) is 9.55 Å². The number of nitrogens with zero attached hydrogens (tertiary/aromatic N) is 2. The highest BCUT2D eigenvalue weighted by Gasteiger charge is 2.15. The van der Waals surface area contributed by atoms with Crippen molar-refractivity contribution < 1.29 is 9.59 Å². The van der Waals surface area contributed by atoms with E-state index in [0.29, 0.717) is 39.2 Å². The smallest absolute Gasteiger partial charge is 0.261 e. The molecule has 0 atom stereocenters. The maximum atomic E-state index is 12.8. The Kier molecular flexibility index (Phi) is 5.81. The van der Waals surface area contributed by atoms with Gasteiger partial charge in [0.05, 0.1) is 10.9 Å². The monoisotopic (exact) mass is 426 g/mol. The molecule has 2 N–H and O–H groups in total. The first-order valence-corrected chi connectivity index (χ1v) is 10.2. The molecule has 0 spiro atoms. The van der Waals surface area contributed by atoms with Crippen molar-refractivity contribution in [3.05, 3.63) is 100 Å². The van der Waals surface area contributed by atoms with Gasteiger partial charge in [0, 0.05) is 16.9 Å². The molecule has 160 valence electrons. The zero-order valence-corrected chi connectivity index (χ0v) is 17.8. The van der Waals surface area contributed by atoms with E-state index in [2.05, 4.69) is 15.6 Å². The van der Waals surface area contributed by atoms with Crippen molar-refractivity contribution in [3.8, 4) is 0 Å². The Labute approximate surface area is 184 Å². The molecular weight excluding hydrogens is 404 g/mol. The second kappa shape index (κ2) is 8.85. The fourth-order valence-corrected chi connectivity index (χ4v) is 3.54. The summed E-state index contributed by atoms with van der Waals surface area (Å²) in [6.07, 6.45) is 0. The van der Waals surface area contributed by atoms with Gasteiger partial charge in [-0.25, -0.2) is 4.98 Å². The van der Waals surface area contributed by atoms with E-state index in [1.165, 1.54) is 4.57 Å². The van der Waals surface area contributed by atoms with Crippen LogP contribution >= 0.6 is 0 Å². The van der Waals surface area contributed by atoms with E-state index in [-0.39, 0.29) is 23.9 Å². The molecule has 0 unspecified atom stereocenters. The van der Waals surface area contributed by atoms with Gasteiger partial charge in [-0.2, -0.15) is 0 Å². The molecule has 0 aliphatic carbocycles. The molecule has 4 rings (SSSR count). The van der Waals surface area contributed by atoms with Gasteiger partial charge in [-0.1, -0.05) is 36.4 Å². The molecule has 4 aromatic rings. The summed E-state index contributed by atoms with van der Waals surface area (Å²) in [6.45, 7) is 3.29. The lowest BCUT2D eigenvalue weighted by atomic mass is 10.1. The molecule has 7 nitrogen and oxygen atoms in total. The zero-order chi connectivity index (χ0) is 22.7. The summed E-state index contributed by atoms with van der Waals surface area (Å²) >= 11 is 0. The standard InChI is InChI=1S/C25H22N4O3/c1-16-19(24(31)27-18-9-4-3-5-10-18)12-8-14-21(16)28-23(30)15-29-17(2)26-22-13-7-6-11-20(22)25(29)32/h3-14H,15H2,1-2H3,(H,27,31)(H,28,30). The molecule has 1 aromatic heterocycles. The molecule has 3 aromatic carbocycles. The van der Waals surface area contributed by atoms with E-state index in [0.717, 1.165) is 0 Å². The van der Waals surface area contributed by atoms with Crippen molar-refractivity contribution in [2.24, 2.45) is 0 Å². The summed E-state index contributed by atoms with van der Waals surface area (Å²) in [4.78, 5) is 42.7. The molecule has 0 bridgehead atoms. The number of hydrogen-bond donors (Lipinski definition) is 2. The molecule has 0 radical (unpaired) electrons. The minimum atomic E-state index is -0.379. The minimum absolute atomic E-state index is 0.178. The molecule has 0 saturated heterocycles. The Hall–Kier alpha value is -4.26. The van der Waals surface area contributed by atoms with Crippen LogP contribution < -0.4 is 16.2 Å². The third-order valence-electron chi connectivity index (χ3n) is 5.24. The van der Waals surface area contributed by atoms with E-state index < -0.39 is 0 Å². The average Bonchev–Trinajstić information content (AvgIpc) is 2.78. The van der Waals surface area contributed by atoms with Crippen LogP contribution in [-0.4, -0.2) is 21.4 Å². The van der Waals surface area contributed by atoms with E-state index in [1.54, 1.807) is 62.4 Å². The number of carbonyl (C=O) groups is 2. The summed E-state index contributed by atoms with van der Waals surface area (Å²) in [5, 5.41) is 6.12. The van der Waals surface area contributed by atoms with Crippen LogP contribution in [0.15, 0.2) is 77.6 Å². The summed E-state index contributed by atoms with van der Waals surface area (Å²) in [7, 11) is 0. The fourth-order valence-electron chi connectivity index (χ4n) is 3.54. The third kappa shape index (κ3) is 4.27. The number of nitrogens with one attached hydrogen (secondary N) is 2. The lowest BCUT2D eigenvalue weighted by Gasteiger charge is -2.14. The number of aromatic nitrogens is 2. The lowest BCUT2D eigenvalue weighted by molar-refractivity contribution is -0.116. The number of benzene rings is 3. The average molecular weight is 426 g/mol. The Balaban J connectivity index is 1.54. The molecule has 0 fully saturated rings. The number of aryl methyl sites for hydroxylation is 1. The number of amides is 2. The Morgan fingerprint density at radius 3 is 2.38 bits per heavy atom. The normalized spacial score (nSPS) is 10.7. The number of hydrogen-bond acceptors (Lipinski definition) is 4. The highest BCUT2D eigenvalue weighted by Crippen LogP contribution is 2.20. The second-order valence-corrected chi connectivity index (χ2v) is 7.41. The predicted molar refractivity (Wildman–Crippen MR) is 125 cm³/mol. The number of anilines is 2. The molecular formula is C25H22N4O3. The van der Waals surface area contributed by atoms with Crippen molar-refractivity contribution in [2.45, 2.75) is 20.4 Å². The maximum absolute atomic E-state index is 12.8. The van der Waals surface area contributed by atoms with Crippen LogP contribution in [0.4, 0.5) is 11.4 Å². The van der Waals surface area contributed by atoms with Gasteiger partial charge < -0.3 is 10.6 Å². The number of para-hydroxylation sites is 2. The number of rotatable bonds is 5. The molecule has 7 heteroatoms. The second-order valence-electron chi connectivity index (χ2n) is 7.41.